The van der Waals surface area contributed by atoms with Gasteiger partial charge in [0.05, 0.1) is 45.6 Å². The molecule has 3 aromatic carbocycles. The first-order valence-corrected chi connectivity index (χ1v) is 10.9. The van der Waals surface area contributed by atoms with E-state index in [0.717, 1.165) is 4.47 Å². The summed E-state index contributed by atoms with van der Waals surface area (Å²) in [5.74, 6) is -0.0854. The van der Waals surface area contributed by atoms with Gasteiger partial charge in [0, 0.05) is 21.3 Å². The molecule has 0 bridgehead atoms. The van der Waals surface area contributed by atoms with Crippen LogP contribution in [0.5, 0.6) is 17.2 Å². The summed E-state index contributed by atoms with van der Waals surface area (Å²) in [5, 5.41) is 14.0. The minimum Gasteiger partial charge on any atom is -0.508 e. The fraction of sp³-hybridized carbons (Fsp3) is 0.200. The van der Waals surface area contributed by atoms with Gasteiger partial charge in [-0.15, -0.1) is 0 Å². The quantitative estimate of drug-likeness (QED) is 0.395. The highest BCUT2D eigenvalue weighted by atomic mass is 79.9. The first kappa shape index (κ1) is 24.9. The molecule has 0 fully saturated rings. The van der Waals surface area contributed by atoms with Crippen molar-refractivity contribution in [2.75, 3.05) is 33.8 Å². The van der Waals surface area contributed by atoms with Gasteiger partial charge in [-0.2, -0.15) is 0 Å². The number of aromatic hydroxyl groups is 1. The number of ether oxygens (including phenoxy) is 4. The maximum atomic E-state index is 12.3. The first-order chi connectivity index (χ1) is 16.3. The van der Waals surface area contributed by atoms with E-state index in [2.05, 4.69) is 21.2 Å². The normalized spacial score (nSPS) is 11.3. The smallest absolute Gasteiger partial charge is 0.337 e. The fourth-order valence-electron chi connectivity index (χ4n) is 3.49. The van der Waals surface area contributed by atoms with Gasteiger partial charge in [0.15, 0.2) is 0 Å². The van der Waals surface area contributed by atoms with Crippen LogP contribution in [0.2, 0.25) is 0 Å². The summed E-state index contributed by atoms with van der Waals surface area (Å²) < 4.78 is 21.4. The molecule has 0 saturated carbocycles. The number of nitrogens with one attached hydrogen (secondary N) is 1. The van der Waals surface area contributed by atoms with Crippen molar-refractivity contribution in [1.29, 1.82) is 0 Å². The molecule has 0 aliphatic rings. The number of methoxy groups -OCH3 is 4. The standard InChI is InChI=1S/C25H24BrNO7/c1-31-18-6-8-22(32-2)20(13-18)23(19-12-16(26)5-7-21(19)28)27-17-10-14(24(29)33-3)9-15(11-17)25(30)34-4/h5-13,23,27-28H,1-4H3. The zero-order chi connectivity index (χ0) is 24.8. The first-order valence-electron chi connectivity index (χ1n) is 10.1. The Balaban J connectivity index is 2.22. The summed E-state index contributed by atoms with van der Waals surface area (Å²) in [4.78, 5) is 24.5. The number of hydrogen-bond acceptors (Lipinski definition) is 8. The molecule has 0 spiro atoms. The van der Waals surface area contributed by atoms with Gasteiger partial charge in [0.2, 0.25) is 0 Å². The minimum atomic E-state index is -0.666. The molecular formula is C25H24BrNO7. The molecule has 0 aromatic heterocycles. The molecule has 1 atom stereocenters. The van der Waals surface area contributed by atoms with Gasteiger partial charge in [-0.25, -0.2) is 9.59 Å². The van der Waals surface area contributed by atoms with Gasteiger partial charge in [-0.3, -0.25) is 0 Å². The molecule has 9 heteroatoms. The molecule has 8 nitrogen and oxygen atoms in total. The molecule has 0 saturated heterocycles. The number of rotatable bonds is 8. The molecule has 3 rings (SSSR count). The van der Waals surface area contributed by atoms with Crippen molar-refractivity contribution in [1.82, 2.24) is 0 Å². The predicted molar refractivity (Wildman–Crippen MR) is 130 cm³/mol. The van der Waals surface area contributed by atoms with E-state index in [1.165, 1.54) is 27.4 Å². The third-order valence-electron chi connectivity index (χ3n) is 5.13. The van der Waals surface area contributed by atoms with Crippen LogP contribution in [0.4, 0.5) is 5.69 Å². The van der Waals surface area contributed by atoms with Crippen molar-refractivity contribution in [3.8, 4) is 17.2 Å². The van der Waals surface area contributed by atoms with Gasteiger partial charge in [-0.1, -0.05) is 15.9 Å². The van der Waals surface area contributed by atoms with Crippen molar-refractivity contribution in [2.45, 2.75) is 6.04 Å². The van der Waals surface area contributed by atoms with E-state index in [0.29, 0.717) is 28.3 Å². The highest BCUT2D eigenvalue weighted by molar-refractivity contribution is 9.10. The van der Waals surface area contributed by atoms with E-state index >= 15 is 0 Å². The highest BCUT2D eigenvalue weighted by Gasteiger charge is 2.24. The molecule has 3 aromatic rings. The van der Waals surface area contributed by atoms with Crippen LogP contribution in [0.15, 0.2) is 59.1 Å². The number of anilines is 1. The zero-order valence-electron chi connectivity index (χ0n) is 19.0. The monoisotopic (exact) mass is 529 g/mol. The van der Waals surface area contributed by atoms with Crippen LogP contribution in [-0.4, -0.2) is 45.5 Å². The molecule has 0 aliphatic heterocycles. The van der Waals surface area contributed by atoms with E-state index < -0.39 is 18.0 Å². The van der Waals surface area contributed by atoms with E-state index in [9.17, 15) is 14.7 Å². The summed E-state index contributed by atoms with van der Waals surface area (Å²) in [6.45, 7) is 0. The maximum Gasteiger partial charge on any atom is 0.337 e. The molecule has 0 heterocycles. The number of carbonyl (C=O) groups is 2. The Morgan fingerprint density at radius 1 is 0.824 bits per heavy atom. The lowest BCUT2D eigenvalue weighted by molar-refractivity contribution is 0.0599. The lowest BCUT2D eigenvalue weighted by Gasteiger charge is -2.25. The summed E-state index contributed by atoms with van der Waals surface area (Å²) in [5.41, 5.74) is 1.89. The Bertz CT molecular complexity index is 1180. The lowest BCUT2D eigenvalue weighted by Crippen LogP contribution is -2.16. The molecule has 1 unspecified atom stereocenters. The Kier molecular flexibility index (Phi) is 8.01. The third kappa shape index (κ3) is 5.43. The second-order valence-corrected chi connectivity index (χ2v) is 8.09. The van der Waals surface area contributed by atoms with Crippen LogP contribution in [0.1, 0.15) is 37.9 Å². The molecule has 178 valence electrons. The van der Waals surface area contributed by atoms with Crippen LogP contribution in [0, 0.1) is 0 Å². The number of hydrogen-bond donors (Lipinski definition) is 2. The van der Waals surface area contributed by atoms with Gasteiger partial charge in [0.25, 0.3) is 0 Å². The SMILES string of the molecule is COC(=O)c1cc(NC(c2cc(Br)ccc2O)c2cc(OC)ccc2OC)cc(C(=O)OC)c1. The summed E-state index contributed by atoms with van der Waals surface area (Å²) in [6, 6.07) is 14.1. The number of phenols is 1. The van der Waals surface area contributed by atoms with Crippen LogP contribution < -0.4 is 14.8 Å². The molecule has 34 heavy (non-hydrogen) atoms. The Labute approximate surface area is 205 Å². The maximum absolute atomic E-state index is 12.3. The van der Waals surface area contributed by atoms with Gasteiger partial charge in [-0.05, 0) is 54.6 Å². The summed E-state index contributed by atoms with van der Waals surface area (Å²) in [6.07, 6.45) is 0. The molecule has 0 amide bonds. The number of carbonyl (C=O) groups excluding carboxylic acids is 2. The van der Waals surface area contributed by atoms with Crippen LogP contribution in [0.25, 0.3) is 0 Å². The van der Waals surface area contributed by atoms with E-state index in [1.54, 1.807) is 55.6 Å². The van der Waals surface area contributed by atoms with E-state index in [1.807, 2.05) is 0 Å². The van der Waals surface area contributed by atoms with Crippen molar-refractivity contribution in [3.63, 3.8) is 0 Å². The van der Waals surface area contributed by atoms with Gasteiger partial charge < -0.3 is 29.4 Å². The highest BCUT2D eigenvalue weighted by Crippen LogP contribution is 2.40. The summed E-state index contributed by atoms with van der Waals surface area (Å²) in [7, 11) is 5.59. The fourth-order valence-corrected chi connectivity index (χ4v) is 3.87. The second kappa shape index (κ2) is 10.9. The van der Waals surface area contributed by atoms with Crippen LogP contribution in [-0.2, 0) is 9.47 Å². The van der Waals surface area contributed by atoms with E-state index in [-0.39, 0.29) is 16.9 Å². The van der Waals surface area contributed by atoms with Gasteiger partial charge in [0.1, 0.15) is 17.2 Å². The number of halogens is 1. The predicted octanol–water partition coefficient (Wildman–Crippen LogP) is 4.95. The van der Waals surface area contributed by atoms with Crippen molar-refractivity contribution in [2.24, 2.45) is 0 Å². The summed E-state index contributed by atoms with van der Waals surface area (Å²) >= 11 is 3.45. The molecular weight excluding hydrogens is 506 g/mol. The minimum absolute atomic E-state index is 0.0305. The Hall–Kier alpha value is -3.72. The van der Waals surface area contributed by atoms with Gasteiger partial charge >= 0.3 is 11.9 Å². The second-order valence-electron chi connectivity index (χ2n) is 7.17. The Morgan fingerprint density at radius 2 is 1.47 bits per heavy atom. The van der Waals surface area contributed by atoms with Crippen molar-refractivity contribution in [3.05, 3.63) is 81.3 Å². The average Bonchev–Trinajstić information content (AvgIpc) is 2.87. The van der Waals surface area contributed by atoms with Crippen molar-refractivity contribution < 1.29 is 33.6 Å². The zero-order valence-corrected chi connectivity index (χ0v) is 20.6. The van der Waals surface area contributed by atoms with Crippen molar-refractivity contribution >= 4 is 33.6 Å². The number of esters is 2. The topological polar surface area (TPSA) is 103 Å². The molecule has 0 aliphatic carbocycles. The third-order valence-corrected chi connectivity index (χ3v) is 5.63. The Morgan fingerprint density at radius 3 is 2.03 bits per heavy atom. The number of benzene rings is 3. The van der Waals surface area contributed by atoms with E-state index in [4.69, 9.17) is 18.9 Å². The lowest BCUT2D eigenvalue weighted by atomic mass is 9.95. The largest absolute Gasteiger partial charge is 0.508 e. The molecule has 0 radical (unpaired) electrons. The van der Waals surface area contributed by atoms with Crippen LogP contribution in [0.3, 0.4) is 0 Å². The average molecular weight is 530 g/mol. The molecule has 2 N–H and O–H groups in total. The van der Waals surface area contributed by atoms with Crippen LogP contribution >= 0.6 is 15.9 Å². The number of phenolic OH excluding ortho intramolecular Hbond substituents is 1.